The molecular weight excluding hydrogens is 470 g/mol. The van der Waals surface area contributed by atoms with Crippen molar-refractivity contribution in [2.75, 3.05) is 32.1 Å². The summed E-state index contributed by atoms with van der Waals surface area (Å²) in [6.45, 7) is 5.59. The highest BCUT2D eigenvalue weighted by molar-refractivity contribution is 5.95. The molecule has 196 valence electrons. The van der Waals surface area contributed by atoms with Crippen molar-refractivity contribution < 1.29 is 14.3 Å². The number of nitrogens with zero attached hydrogens (tertiary/aromatic N) is 4. The van der Waals surface area contributed by atoms with Crippen LogP contribution in [-0.4, -0.2) is 63.9 Å². The number of imidazole rings is 1. The lowest BCUT2D eigenvalue weighted by Crippen LogP contribution is -2.55. The summed E-state index contributed by atoms with van der Waals surface area (Å²) in [6.07, 6.45) is 1.37. The Labute approximate surface area is 216 Å². The minimum atomic E-state index is -1.24. The molecule has 0 spiro atoms. The van der Waals surface area contributed by atoms with Gasteiger partial charge in [0.05, 0.1) is 24.2 Å². The topological polar surface area (TPSA) is 130 Å². The Hall–Kier alpha value is -4.08. The highest BCUT2D eigenvalue weighted by Gasteiger charge is 2.45. The Morgan fingerprint density at radius 3 is 2.49 bits per heavy atom. The van der Waals surface area contributed by atoms with Crippen LogP contribution in [0.1, 0.15) is 43.6 Å². The quantitative estimate of drug-likeness (QED) is 0.318. The van der Waals surface area contributed by atoms with Gasteiger partial charge in [0.2, 0.25) is 0 Å². The molecule has 2 amide bonds. The molecule has 1 saturated heterocycles. The number of benzene rings is 2. The maximum atomic E-state index is 13.8. The number of ether oxygens (including phenoxy) is 1. The van der Waals surface area contributed by atoms with Gasteiger partial charge >= 0.3 is 6.09 Å². The summed E-state index contributed by atoms with van der Waals surface area (Å²) in [6, 6.07) is 13.1. The number of amidine groups is 1. The third kappa shape index (κ3) is 4.96. The third-order valence-corrected chi connectivity index (χ3v) is 7.20. The molecule has 0 bridgehead atoms. The minimum absolute atomic E-state index is 0.0292. The van der Waals surface area contributed by atoms with Gasteiger partial charge in [-0.05, 0) is 68.7 Å². The van der Waals surface area contributed by atoms with E-state index >= 15 is 0 Å². The van der Waals surface area contributed by atoms with Gasteiger partial charge in [-0.2, -0.15) is 0 Å². The second kappa shape index (κ2) is 10.5. The molecule has 4 rings (SSSR count). The number of nitrogens with one attached hydrogen (secondary N) is 2. The number of likely N-dealkylation sites (N-methyl/N-ethyl adjacent to an activating group) is 1. The molecule has 1 atom stereocenters. The van der Waals surface area contributed by atoms with Gasteiger partial charge in [0.15, 0.2) is 0 Å². The van der Waals surface area contributed by atoms with Crippen LogP contribution >= 0.6 is 0 Å². The molecule has 1 fully saturated rings. The van der Waals surface area contributed by atoms with Crippen LogP contribution in [0.4, 0.5) is 10.5 Å². The number of nitrogens with two attached hydrogens (primary N) is 1. The Morgan fingerprint density at radius 2 is 1.86 bits per heavy atom. The van der Waals surface area contributed by atoms with Gasteiger partial charge in [-0.1, -0.05) is 6.07 Å². The Balaban J connectivity index is 1.65. The van der Waals surface area contributed by atoms with E-state index in [4.69, 9.17) is 20.9 Å². The van der Waals surface area contributed by atoms with Gasteiger partial charge in [0.25, 0.3) is 5.91 Å². The molecule has 0 saturated carbocycles. The lowest BCUT2D eigenvalue weighted by molar-refractivity contribution is -0.141. The van der Waals surface area contributed by atoms with Gasteiger partial charge in [-0.3, -0.25) is 15.1 Å². The van der Waals surface area contributed by atoms with Crippen LogP contribution in [0.5, 0.6) is 0 Å². The largest absolute Gasteiger partial charge is 0.450 e. The van der Waals surface area contributed by atoms with Gasteiger partial charge in [0, 0.05) is 38.4 Å². The molecule has 37 heavy (non-hydrogen) atoms. The number of hydrogen-bond acceptors (Lipinski definition) is 6. The number of nitrogen functional groups attached to an aromatic ring is 1. The van der Waals surface area contributed by atoms with Gasteiger partial charge in [0.1, 0.15) is 17.2 Å². The smallest absolute Gasteiger partial charge is 0.410 e. The second-order valence-corrected chi connectivity index (χ2v) is 9.46. The van der Waals surface area contributed by atoms with E-state index in [0.717, 1.165) is 35.4 Å². The molecule has 2 heterocycles. The molecule has 10 nitrogen and oxygen atoms in total. The van der Waals surface area contributed by atoms with E-state index in [-0.39, 0.29) is 18.3 Å². The number of fused-ring (bicyclic) bond motifs is 1. The van der Waals surface area contributed by atoms with Gasteiger partial charge < -0.3 is 25.3 Å². The maximum absolute atomic E-state index is 13.8. The van der Waals surface area contributed by atoms with Gasteiger partial charge in [-0.15, -0.1) is 0 Å². The summed E-state index contributed by atoms with van der Waals surface area (Å²) in [5.74, 6) is 0.724. The van der Waals surface area contributed by atoms with Crippen LogP contribution in [0.25, 0.3) is 11.0 Å². The van der Waals surface area contributed by atoms with Crippen molar-refractivity contribution >= 4 is 34.6 Å². The fourth-order valence-electron chi connectivity index (χ4n) is 4.75. The number of carbonyl (C=O) groups is 2. The highest BCUT2D eigenvalue weighted by atomic mass is 16.6. The number of aromatic nitrogens is 2. The summed E-state index contributed by atoms with van der Waals surface area (Å²) in [5.41, 5.74) is 8.19. The standard InChI is InChI=1S/C27H35N7O3/c1-5-37-26(36)33(4)27(2,25(35)34-14-6-7-15-34)19-10-13-22-21(16-19)31-23(32(22)3)17-30-20-11-8-18(9-12-20)24(28)29/h8-13,16,30H,5-7,14-15,17H2,1-4H3,(H3,28,29)/t27-/m1/s1. The first-order chi connectivity index (χ1) is 17.7. The summed E-state index contributed by atoms with van der Waals surface area (Å²) in [7, 11) is 3.56. The zero-order valence-corrected chi connectivity index (χ0v) is 21.9. The normalized spacial score (nSPS) is 14.9. The second-order valence-electron chi connectivity index (χ2n) is 9.46. The van der Waals surface area contributed by atoms with Crippen LogP contribution in [0.15, 0.2) is 42.5 Å². The number of rotatable bonds is 8. The van der Waals surface area contributed by atoms with E-state index in [1.165, 1.54) is 4.90 Å². The van der Waals surface area contributed by atoms with Crippen LogP contribution in [-0.2, 0) is 28.7 Å². The number of carbonyl (C=O) groups excluding carboxylic acids is 2. The highest BCUT2D eigenvalue weighted by Crippen LogP contribution is 2.33. The number of likely N-dealkylation sites (tertiary alicyclic amines) is 1. The van der Waals surface area contributed by atoms with Crippen molar-refractivity contribution in [3.63, 3.8) is 0 Å². The molecule has 0 unspecified atom stereocenters. The average Bonchev–Trinajstić information content (AvgIpc) is 3.54. The van der Waals surface area contributed by atoms with Crippen LogP contribution < -0.4 is 11.1 Å². The summed E-state index contributed by atoms with van der Waals surface area (Å²) < 4.78 is 7.26. The maximum Gasteiger partial charge on any atom is 0.410 e. The van der Waals surface area contributed by atoms with E-state index < -0.39 is 11.6 Å². The first kappa shape index (κ1) is 26.0. The van der Waals surface area contributed by atoms with Crippen LogP contribution in [0.3, 0.4) is 0 Å². The molecule has 3 aromatic rings. The van der Waals surface area contributed by atoms with E-state index in [1.807, 2.05) is 46.8 Å². The first-order valence-electron chi connectivity index (χ1n) is 12.5. The van der Waals surface area contributed by atoms with Crippen molar-refractivity contribution in [3.05, 3.63) is 59.4 Å². The van der Waals surface area contributed by atoms with Crippen molar-refractivity contribution in [1.29, 1.82) is 5.41 Å². The summed E-state index contributed by atoms with van der Waals surface area (Å²) >= 11 is 0. The fraction of sp³-hybridized carbons (Fsp3) is 0.407. The molecular formula is C27H35N7O3. The predicted octanol–water partition coefficient (Wildman–Crippen LogP) is 3.40. The Kier molecular flexibility index (Phi) is 7.37. The van der Waals surface area contributed by atoms with E-state index in [2.05, 4.69) is 5.32 Å². The molecule has 1 aliphatic rings. The molecule has 10 heteroatoms. The first-order valence-corrected chi connectivity index (χ1v) is 12.5. The van der Waals surface area contributed by atoms with Crippen LogP contribution in [0, 0.1) is 5.41 Å². The molecule has 0 radical (unpaired) electrons. The Morgan fingerprint density at radius 1 is 1.19 bits per heavy atom. The SMILES string of the molecule is CCOC(=O)N(C)[C@@](C)(C(=O)N1CCCC1)c1ccc2c(c1)nc(CNc1ccc(C(=N)N)cc1)n2C. The molecule has 1 aliphatic heterocycles. The summed E-state index contributed by atoms with van der Waals surface area (Å²) in [4.78, 5) is 34.6. The zero-order chi connectivity index (χ0) is 26.7. The number of aryl methyl sites for hydroxylation is 1. The van der Waals surface area contributed by atoms with Crippen molar-refractivity contribution in [3.8, 4) is 0 Å². The van der Waals surface area contributed by atoms with E-state index in [1.54, 1.807) is 33.0 Å². The number of hydrogen-bond donors (Lipinski definition) is 3. The van der Waals surface area contributed by atoms with E-state index in [9.17, 15) is 9.59 Å². The lowest BCUT2D eigenvalue weighted by atomic mass is 9.88. The van der Waals surface area contributed by atoms with E-state index in [0.29, 0.717) is 30.8 Å². The minimum Gasteiger partial charge on any atom is -0.450 e. The monoisotopic (exact) mass is 505 g/mol. The number of anilines is 1. The average molecular weight is 506 g/mol. The third-order valence-electron chi connectivity index (χ3n) is 7.20. The zero-order valence-electron chi connectivity index (χ0n) is 21.9. The molecule has 1 aromatic heterocycles. The van der Waals surface area contributed by atoms with Crippen molar-refractivity contribution in [1.82, 2.24) is 19.4 Å². The predicted molar refractivity (Wildman–Crippen MR) is 143 cm³/mol. The summed E-state index contributed by atoms with van der Waals surface area (Å²) in [5, 5.41) is 10.9. The lowest BCUT2D eigenvalue weighted by Gasteiger charge is -2.39. The molecule has 2 aromatic carbocycles. The fourth-order valence-corrected chi connectivity index (χ4v) is 4.75. The number of amides is 2. The Bertz CT molecular complexity index is 1310. The van der Waals surface area contributed by atoms with Crippen LogP contribution in [0.2, 0.25) is 0 Å². The van der Waals surface area contributed by atoms with Crippen molar-refractivity contribution in [2.45, 2.75) is 38.8 Å². The molecule has 4 N–H and O–H groups in total. The van der Waals surface area contributed by atoms with Crippen molar-refractivity contribution in [2.24, 2.45) is 12.8 Å². The molecule has 0 aliphatic carbocycles. The van der Waals surface area contributed by atoms with Gasteiger partial charge in [-0.25, -0.2) is 9.78 Å².